The van der Waals surface area contributed by atoms with Crippen molar-refractivity contribution >= 4 is 21.4 Å². The van der Waals surface area contributed by atoms with Gasteiger partial charge in [-0.1, -0.05) is 11.6 Å². The monoisotopic (exact) mass is 290 g/mol. The Kier molecular flexibility index (Phi) is 3.34. The first-order valence-corrected chi connectivity index (χ1v) is 7.81. The highest BCUT2D eigenvalue weighted by Gasteiger charge is 2.40. The molecule has 0 amide bonds. The molecule has 4 nitrogen and oxygen atoms in total. The van der Waals surface area contributed by atoms with Crippen LogP contribution in [0.5, 0.6) is 5.75 Å². The lowest BCUT2D eigenvalue weighted by atomic mass is 10.1. The van der Waals surface area contributed by atoms with E-state index >= 15 is 0 Å². The van der Waals surface area contributed by atoms with Crippen LogP contribution in [0.1, 0.15) is 18.4 Å². The zero-order valence-electron chi connectivity index (χ0n) is 10.2. The molecular weight excluding hydrogens is 276 g/mol. The molecule has 18 heavy (non-hydrogen) atoms. The van der Waals surface area contributed by atoms with Gasteiger partial charge in [-0.15, -0.1) is 0 Å². The number of rotatable bonds is 4. The Bertz CT molecular complexity index is 576. The lowest BCUT2D eigenvalue weighted by Crippen LogP contribution is -2.12. The van der Waals surface area contributed by atoms with E-state index in [-0.39, 0.29) is 15.7 Å². The predicted molar refractivity (Wildman–Crippen MR) is 69.0 cm³/mol. The summed E-state index contributed by atoms with van der Waals surface area (Å²) in [6.45, 7) is 0. The molecule has 0 aromatic heterocycles. The molecule has 0 atom stereocenters. The number of hydrogen-bond acceptors (Lipinski definition) is 4. The van der Waals surface area contributed by atoms with Crippen LogP contribution in [0, 0.1) is 0 Å². The minimum absolute atomic E-state index is 0.0664. The SMILES string of the molecule is COc1c(Cl)cc(CC2(O)CC2)cc1S(C)(=O)=O. The normalized spacial score (nSPS) is 17.6. The third-order valence-electron chi connectivity index (χ3n) is 3.03. The van der Waals surface area contributed by atoms with Gasteiger partial charge in [0.25, 0.3) is 0 Å². The molecule has 1 aliphatic carbocycles. The van der Waals surface area contributed by atoms with E-state index in [1.807, 2.05) is 0 Å². The van der Waals surface area contributed by atoms with Crippen molar-refractivity contribution < 1.29 is 18.3 Å². The van der Waals surface area contributed by atoms with Gasteiger partial charge in [-0.05, 0) is 30.5 Å². The summed E-state index contributed by atoms with van der Waals surface area (Å²) < 4.78 is 28.4. The fourth-order valence-corrected chi connectivity index (χ4v) is 3.17. The molecule has 0 saturated heterocycles. The van der Waals surface area contributed by atoms with Crippen LogP contribution in [-0.4, -0.2) is 32.5 Å². The molecule has 1 saturated carbocycles. The van der Waals surface area contributed by atoms with Gasteiger partial charge >= 0.3 is 0 Å². The largest absolute Gasteiger partial charge is 0.494 e. The fourth-order valence-electron chi connectivity index (χ4n) is 1.90. The molecule has 0 radical (unpaired) electrons. The molecule has 0 bridgehead atoms. The summed E-state index contributed by atoms with van der Waals surface area (Å²) in [6.07, 6.45) is 3.01. The summed E-state index contributed by atoms with van der Waals surface area (Å²) in [6, 6.07) is 3.17. The summed E-state index contributed by atoms with van der Waals surface area (Å²) in [5, 5.41) is 10.1. The number of sulfone groups is 1. The fraction of sp³-hybridized carbons (Fsp3) is 0.500. The van der Waals surface area contributed by atoms with Crippen molar-refractivity contribution in [2.75, 3.05) is 13.4 Å². The second-order valence-corrected chi connectivity index (χ2v) is 7.17. The number of hydrogen-bond donors (Lipinski definition) is 1. The average molecular weight is 291 g/mol. The van der Waals surface area contributed by atoms with Gasteiger partial charge in [-0.25, -0.2) is 8.42 Å². The molecule has 1 aromatic rings. The second kappa shape index (κ2) is 4.40. The van der Waals surface area contributed by atoms with Gasteiger partial charge in [0, 0.05) is 12.7 Å². The van der Waals surface area contributed by atoms with Gasteiger partial charge in [-0.3, -0.25) is 0 Å². The van der Waals surface area contributed by atoms with E-state index in [4.69, 9.17) is 16.3 Å². The van der Waals surface area contributed by atoms with E-state index < -0.39 is 15.4 Å². The average Bonchev–Trinajstić information content (AvgIpc) is 2.94. The molecule has 0 unspecified atom stereocenters. The summed E-state index contributed by atoms with van der Waals surface area (Å²) in [7, 11) is -2.04. The summed E-state index contributed by atoms with van der Waals surface area (Å²) >= 11 is 6.02. The molecule has 2 rings (SSSR count). The molecule has 1 N–H and O–H groups in total. The number of benzene rings is 1. The molecule has 0 aliphatic heterocycles. The second-order valence-electron chi connectivity index (χ2n) is 4.78. The smallest absolute Gasteiger partial charge is 0.179 e. The van der Waals surface area contributed by atoms with Crippen LogP contribution in [0.25, 0.3) is 0 Å². The number of methoxy groups -OCH3 is 1. The van der Waals surface area contributed by atoms with Gasteiger partial charge in [-0.2, -0.15) is 0 Å². The van der Waals surface area contributed by atoms with Crippen molar-refractivity contribution in [2.24, 2.45) is 0 Å². The van der Waals surface area contributed by atoms with Crippen molar-refractivity contribution in [3.63, 3.8) is 0 Å². The molecule has 0 spiro atoms. The minimum Gasteiger partial charge on any atom is -0.494 e. The van der Waals surface area contributed by atoms with Gasteiger partial charge in [0.05, 0.1) is 17.7 Å². The first-order chi connectivity index (χ1) is 8.25. The summed E-state index contributed by atoms with van der Waals surface area (Å²) in [5.41, 5.74) is 0.0217. The molecule has 100 valence electrons. The lowest BCUT2D eigenvalue weighted by molar-refractivity contribution is 0.151. The number of ether oxygens (including phenoxy) is 1. The standard InChI is InChI=1S/C12H15ClO4S/c1-17-11-9(13)5-8(7-12(14)3-4-12)6-10(11)18(2,15)16/h5-6,14H,3-4,7H2,1-2H3. The zero-order valence-corrected chi connectivity index (χ0v) is 11.8. The van der Waals surface area contributed by atoms with Crippen molar-refractivity contribution in [2.45, 2.75) is 29.8 Å². The quantitative estimate of drug-likeness (QED) is 0.919. The molecule has 1 aromatic carbocycles. The Morgan fingerprint density at radius 2 is 2.06 bits per heavy atom. The predicted octanol–water partition coefficient (Wildman–Crippen LogP) is 1.82. The highest BCUT2D eigenvalue weighted by molar-refractivity contribution is 7.90. The lowest BCUT2D eigenvalue weighted by Gasteiger charge is -2.13. The van der Waals surface area contributed by atoms with Crippen molar-refractivity contribution in [1.82, 2.24) is 0 Å². The number of aliphatic hydroxyl groups is 1. The number of halogens is 1. The third kappa shape index (κ3) is 2.79. The maximum atomic E-state index is 11.7. The third-order valence-corrected chi connectivity index (χ3v) is 4.42. The van der Waals surface area contributed by atoms with Crippen LogP contribution in [0.2, 0.25) is 5.02 Å². The Labute approximate surface area is 111 Å². The van der Waals surface area contributed by atoms with Crippen LogP contribution in [0.15, 0.2) is 17.0 Å². The van der Waals surface area contributed by atoms with Crippen LogP contribution >= 0.6 is 11.6 Å². The highest BCUT2D eigenvalue weighted by atomic mass is 35.5. The molecule has 0 heterocycles. The molecule has 6 heteroatoms. The molecule has 1 aliphatic rings. The van der Waals surface area contributed by atoms with Crippen molar-refractivity contribution in [1.29, 1.82) is 0 Å². The maximum absolute atomic E-state index is 11.7. The summed E-state index contributed by atoms with van der Waals surface area (Å²) in [4.78, 5) is 0.0664. The van der Waals surface area contributed by atoms with Crippen LogP contribution in [0.4, 0.5) is 0 Å². The summed E-state index contributed by atoms with van der Waals surface area (Å²) in [5.74, 6) is 0.158. The Morgan fingerprint density at radius 3 is 2.50 bits per heavy atom. The van der Waals surface area contributed by atoms with E-state index in [1.165, 1.54) is 13.2 Å². The minimum atomic E-state index is -3.42. The van der Waals surface area contributed by atoms with Gasteiger partial charge in [0.15, 0.2) is 15.6 Å². The van der Waals surface area contributed by atoms with E-state index in [0.29, 0.717) is 12.0 Å². The Morgan fingerprint density at radius 1 is 1.44 bits per heavy atom. The van der Waals surface area contributed by atoms with Gasteiger partial charge in [0.1, 0.15) is 4.90 Å². The zero-order chi connectivity index (χ0) is 13.6. The first kappa shape index (κ1) is 13.6. The van der Waals surface area contributed by atoms with Crippen molar-refractivity contribution in [3.8, 4) is 5.75 Å². The first-order valence-electron chi connectivity index (χ1n) is 5.54. The highest BCUT2D eigenvalue weighted by Crippen LogP contribution is 2.40. The van der Waals surface area contributed by atoms with Gasteiger partial charge < -0.3 is 9.84 Å². The molecule has 1 fully saturated rings. The Balaban J connectivity index is 2.49. The van der Waals surface area contributed by atoms with E-state index in [9.17, 15) is 13.5 Å². The van der Waals surface area contributed by atoms with Crippen LogP contribution in [0.3, 0.4) is 0 Å². The van der Waals surface area contributed by atoms with Crippen LogP contribution in [-0.2, 0) is 16.3 Å². The van der Waals surface area contributed by atoms with Crippen LogP contribution < -0.4 is 4.74 Å². The Hall–Kier alpha value is -0.780. The van der Waals surface area contributed by atoms with Crippen molar-refractivity contribution in [3.05, 3.63) is 22.7 Å². The molecular formula is C12H15ClO4S. The van der Waals surface area contributed by atoms with Gasteiger partial charge in [0.2, 0.25) is 0 Å². The van der Waals surface area contributed by atoms with E-state index in [0.717, 1.165) is 19.1 Å². The van der Waals surface area contributed by atoms with E-state index in [2.05, 4.69) is 0 Å². The topological polar surface area (TPSA) is 63.6 Å². The van der Waals surface area contributed by atoms with E-state index in [1.54, 1.807) is 6.07 Å². The maximum Gasteiger partial charge on any atom is 0.179 e.